The molecule has 0 radical (unpaired) electrons. The van der Waals surface area contributed by atoms with Gasteiger partial charge in [0.25, 0.3) is 5.91 Å². The molecule has 0 atom stereocenters. The van der Waals surface area contributed by atoms with Gasteiger partial charge >= 0.3 is 0 Å². The molecular formula is C13H20N4OS. The van der Waals surface area contributed by atoms with Crippen LogP contribution in [-0.2, 0) is 0 Å². The number of nitrogens with two attached hydrogens (primary N) is 1. The fraction of sp³-hybridized carbons (Fsp3) is 0.538. The molecule has 1 aromatic rings. The second-order valence-electron chi connectivity index (χ2n) is 5.22. The molecule has 0 spiro atoms. The van der Waals surface area contributed by atoms with E-state index in [1.54, 1.807) is 18.5 Å². The first-order chi connectivity index (χ1) is 9.03. The number of rotatable bonds is 2. The Morgan fingerprint density at radius 1 is 1.53 bits per heavy atom. The van der Waals surface area contributed by atoms with Gasteiger partial charge in [0.15, 0.2) is 0 Å². The van der Waals surface area contributed by atoms with Gasteiger partial charge in [0.2, 0.25) is 0 Å². The Hall–Kier alpha value is -1.27. The molecule has 6 heteroatoms. The third kappa shape index (κ3) is 3.39. The van der Waals surface area contributed by atoms with Crippen molar-refractivity contribution in [3.8, 4) is 0 Å². The molecule has 0 aromatic carbocycles. The predicted molar refractivity (Wildman–Crippen MR) is 79.1 cm³/mol. The van der Waals surface area contributed by atoms with Gasteiger partial charge in [-0.2, -0.15) is 11.8 Å². The summed E-state index contributed by atoms with van der Waals surface area (Å²) >= 11 is 1.92. The summed E-state index contributed by atoms with van der Waals surface area (Å²) in [7, 11) is 0. The van der Waals surface area contributed by atoms with E-state index in [4.69, 9.17) is 5.84 Å². The molecule has 1 amide bonds. The second-order valence-corrected chi connectivity index (χ2v) is 7.02. The average Bonchev–Trinajstić information content (AvgIpc) is 2.59. The number of carbonyl (C=O) groups excluding carboxylic acids is 1. The molecule has 0 aliphatic carbocycles. The van der Waals surface area contributed by atoms with Crippen LogP contribution >= 0.6 is 11.8 Å². The number of anilines is 1. The van der Waals surface area contributed by atoms with Gasteiger partial charge in [0, 0.05) is 36.0 Å². The van der Waals surface area contributed by atoms with Crippen molar-refractivity contribution in [2.75, 3.05) is 24.3 Å². The van der Waals surface area contributed by atoms with Gasteiger partial charge < -0.3 is 10.3 Å². The van der Waals surface area contributed by atoms with Crippen molar-refractivity contribution in [1.29, 1.82) is 0 Å². The highest BCUT2D eigenvalue weighted by molar-refractivity contribution is 8.00. The first kappa shape index (κ1) is 14.1. The Balaban J connectivity index is 2.15. The topological polar surface area (TPSA) is 71.2 Å². The number of hydrazine groups is 1. The number of thioether (sulfide) groups is 1. The number of hydrogen-bond donors (Lipinski definition) is 2. The van der Waals surface area contributed by atoms with Gasteiger partial charge in [-0.15, -0.1) is 0 Å². The third-order valence-electron chi connectivity index (χ3n) is 3.33. The van der Waals surface area contributed by atoms with Crippen molar-refractivity contribution < 1.29 is 4.79 Å². The number of hydrogen-bond acceptors (Lipinski definition) is 5. The summed E-state index contributed by atoms with van der Waals surface area (Å²) in [5, 5.41) is 0. The van der Waals surface area contributed by atoms with Crippen LogP contribution in [0.15, 0.2) is 18.5 Å². The van der Waals surface area contributed by atoms with Crippen molar-refractivity contribution >= 4 is 23.4 Å². The normalized spacial score (nSPS) is 18.8. The molecule has 2 heterocycles. The van der Waals surface area contributed by atoms with Crippen molar-refractivity contribution in [2.24, 2.45) is 5.84 Å². The molecule has 0 bridgehead atoms. The molecular weight excluding hydrogens is 260 g/mol. The Morgan fingerprint density at radius 2 is 2.32 bits per heavy atom. The van der Waals surface area contributed by atoms with Crippen LogP contribution in [-0.4, -0.2) is 39.4 Å². The highest BCUT2D eigenvalue weighted by Crippen LogP contribution is 2.31. The van der Waals surface area contributed by atoms with E-state index in [-0.39, 0.29) is 10.7 Å². The Bertz CT molecular complexity index is 464. The van der Waals surface area contributed by atoms with Crippen LogP contribution in [0.3, 0.4) is 0 Å². The van der Waals surface area contributed by atoms with Crippen LogP contribution in [0.4, 0.5) is 5.69 Å². The summed E-state index contributed by atoms with van der Waals surface area (Å²) < 4.78 is 0.235. The van der Waals surface area contributed by atoms with E-state index in [2.05, 4.69) is 24.3 Å². The van der Waals surface area contributed by atoms with Crippen molar-refractivity contribution in [2.45, 2.75) is 25.0 Å². The van der Waals surface area contributed by atoms with Crippen LogP contribution < -0.4 is 11.3 Å². The molecule has 1 aromatic heterocycles. The Kier molecular flexibility index (Phi) is 4.31. The molecule has 3 N–H and O–H groups in total. The summed E-state index contributed by atoms with van der Waals surface area (Å²) in [6.45, 7) is 5.99. The fourth-order valence-electron chi connectivity index (χ4n) is 2.08. The summed E-state index contributed by atoms with van der Waals surface area (Å²) in [5.41, 5.74) is 3.71. The smallest absolute Gasteiger partial charge is 0.257 e. The largest absolute Gasteiger partial charge is 0.338 e. The van der Waals surface area contributed by atoms with E-state index >= 15 is 0 Å². The zero-order chi connectivity index (χ0) is 13.9. The predicted octanol–water partition coefficient (Wildman–Crippen LogP) is 1.72. The lowest BCUT2D eigenvalue weighted by Crippen LogP contribution is -2.34. The first-order valence-electron chi connectivity index (χ1n) is 6.37. The van der Waals surface area contributed by atoms with Gasteiger partial charge in [-0.25, -0.2) is 0 Å². The standard InChI is InChI=1S/C13H20N4OS/c1-13(2)4-6-17(7-8-19-13)12(18)10-9-15-5-3-11(10)16-14/h3,5,9H,4,6-8,14H2,1-2H3,(H,15,16). The monoisotopic (exact) mass is 280 g/mol. The molecule has 1 aliphatic rings. The van der Waals surface area contributed by atoms with Crippen molar-refractivity contribution in [3.63, 3.8) is 0 Å². The van der Waals surface area contributed by atoms with E-state index in [0.29, 0.717) is 11.3 Å². The SMILES string of the molecule is CC1(C)CCN(C(=O)c2cnccc2NN)CCS1. The van der Waals surface area contributed by atoms with E-state index in [0.717, 1.165) is 25.3 Å². The molecule has 0 saturated carbocycles. The second kappa shape index (κ2) is 5.79. The molecule has 1 saturated heterocycles. The zero-order valence-electron chi connectivity index (χ0n) is 11.3. The highest BCUT2D eigenvalue weighted by atomic mass is 32.2. The number of pyridine rings is 1. The van der Waals surface area contributed by atoms with Crippen LogP contribution in [0, 0.1) is 0 Å². The average molecular weight is 280 g/mol. The summed E-state index contributed by atoms with van der Waals surface area (Å²) in [4.78, 5) is 18.4. The molecule has 1 fully saturated rings. The van der Waals surface area contributed by atoms with Crippen LogP contribution in [0.1, 0.15) is 30.6 Å². The maximum atomic E-state index is 12.5. The minimum atomic E-state index is -0.000602. The molecule has 1 aliphatic heterocycles. The van der Waals surface area contributed by atoms with E-state index < -0.39 is 0 Å². The van der Waals surface area contributed by atoms with E-state index in [9.17, 15) is 4.79 Å². The Morgan fingerprint density at radius 3 is 3.05 bits per heavy atom. The van der Waals surface area contributed by atoms with Crippen LogP contribution in [0.5, 0.6) is 0 Å². The number of aromatic nitrogens is 1. The molecule has 5 nitrogen and oxygen atoms in total. The van der Waals surface area contributed by atoms with Gasteiger partial charge in [-0.05, 0) is 12.5 Å². The number of nitrogens with zero attached hydrogens (tertiary/aromatic N) is 2. The molecule has 19 heavy (non-hydrogen) atoms. The minimum absolute atomic E-state index is 0.000602. The fourth-order valence-corrected chi connectivity index (χ4v) is 3.18. The van der Waals surface area contributed by atoms with E-state index in [1.807, 2.05) is 16.7 Å². The van der Waals surface area contributed by atoms with E-state index in [1.165, 1.54) is 0 Å². The quantitative estimate of drug-likeness (QED) is 0.637. The lowest BCUT2D eigenvalue weighted by molar-refractivity contribution is 0.0765. The summed E-state index contributed by atoms with van der Waals surface area (Å²) in [6, 6.07) is 1.71. The molecule has 0 unspecified atom stereocenters. The Labute approximate surface area is 117 Å². The zero-order valence-corrected chi connectivity index (χ0v) is 12.2. The lowest BCUT2D eigenvalue weighted by atomic mass is 10.1. The molecule has 2 rings (SSSR count). The maximum Gasteiger partial charge on any atom is 0.257 e. The third-order valence-corrected chi connectivity index (χ3v) is 4.70. The van der Waals surface area contributed by atoms with Gasteiger partial charge in [0.05, 0.1) is 11.3 Å². The number of nitrogens with one attached hydrogen (secondary N) is 1. The van der Waals surface area contributed by atoms with Crippen molar-refractivity contribution in [3.05, 3.63) is 24.0 Å². The van der Waals surface area contributed by atoms with Crippen LogP contribution in [0.2, 0.25) is 0 Å². The number of nitrogen functional groups attached to an aromatic ring is 1. The lowest BCUT2D eigenvalue weighted by Gasteiger charge is -2.23. The van der Waals surface area contributed by atoms with Gasteiger partial charge in [-0.3, -0.25) is 15.6 Å². The highest BCUT2D eigenvalue weighted by Gasteiger charge is 2.27. The minimum Gasteiger partial charge on any atom is -0.338 e. The van der Waals surface area contributed by atoms with Gasteiger partial charge in [0.1, 0.15) is 0 Å². The van der Waals surface area contributed by atoms with Crippen molar-refractivity contribution in [1.82, 2.24) is 9.88 Å². The molecule has 104 valence electrons. The van der Waals surface area contributed by atoms with Crippen LogP contribution in [0.25, 0.3) is 0 Å². The van der Waals surface area contributed by atoms with Gasteiger partial charge in [-0.1, -0.05) is 13.8 Å². The maximum absolute atomic E-state index is 12.5. The first-order valence-corrected chi connectivity index (χ1v) is 7.36. The summed E-state index contributed by atoms with van der Waals surface area (Å²) in [6.07, 6.45) is 4.18. The summed E-state index contributed by atoms with van der Waals surface area (Å²) in [5.74, 6) is 6.40. The number of amides is 1. The number of carbonyl (C=O) groups is 1.